The summed E-state index contributed by atoms with van der Waals surface area (Å²) in [6, 6.07) is 37.4. The van der Waals surface area contributed by atoms with Crippen LogP contribution < -0.4 is 10.4 Å². The Hall–Kier alpha value is -4.28. The number of hydrogen-bond donors (Lipinski definition) is 1. The molecule has 0 aromatic heterocycles. The molecule has 1 N–H and O–H groups in total. The van der Waals surface area contributed by atoms with E-state index in [1.165, 1.54) is 0 Å². The van der Waals surface area contributed by atoms with Crippen LogP contribution in [-0.2, 0) is 25.1 Å². The molecule has 244 valence electrons. The zero-order valence-corrected chi connectivity index (χ0v) is 27.9. The molecule has 0 amide bonds. The van der Waals surface area contributed by atoms with Gasteiger partial charge in [0.1, 0.15) is 24.4 Å². The van der Waals surface area contributed by atoms with Gasteiger partial charge in [-0.05, 0) is 45.1 Å². The van der Waals surface area contributed by atoms with Crippen molar-refractivity contribution in [1.82, 2.24) is 0 Å². The Morgan fingerprint density at radius 2 is 1.40 bits per heavy atom. The Labute approximate surface area is 276 Å². The van der Waals surface area contributed by atoms with Crippen LogP contribution in [0.5, 0.6) is 0 Å². The van der Waals surface area contributed by atoms with Crippen molar-refractivity contribution in [2.75, 3.05) is 13.2 Å². The van der Waals surface area contributed by atoms with Gasteiger partial charge in [0.15, 0.2) is 6.29 Å². The molecule has 5 atom stereocenters. The van der Waals surface area contributed by atoms with E-state index in [0.29, 0.717) is 12.0 Å². The largest absolute Gasteiger partial charge is 0.455 e. The fraction of sp³-hybridized carbons (Fsp3) is 0.324. The lowest BCUT2D eigenvalue weighted by Crippen LogP contribution is -2.68. The third-order valence-electron chi connectivity index (χ3n) is 8.48. The summed E-state index contributed by atoms with van der Waals surface area (Å²) < 4.78 is 25.5. The normalized spacial score (nSPS) is 21.4. The van der Waals surface area contributed by atoms with Crippen LogP contribution in [0.3, 0.4) is 0 Å². The first-order valence-electron chi connectivity index (χ1n) is 15.8. The third kappa shape index (κ3) is 7.82. The van der Waals surface area contributed by atoms with Crippen molar-refractivity contribution in [2.45, 2.75) is 62.9 Å². The van der Waals surface area contributed by atoms with Crippen LogP contribution in [0.25, 0.3) is 10.4 Å². The molecule has 4 aromatic rings. The first kappa shape index (κ1) is 34.1. The maximum atomic E-state index is 13.3. The molecule has 0 bridgehead atoms. The Kier molecular flexibility index (Phi) is 11.3. The number of benzene rings is 4. The SMILES string of the molecule is CC(C)(C)[Si](OC[C@H]1OC(OCCc2ccccc2)[C@H](N=[N+]=[N-])[C@H](OC(=O)c2ccccc2)[C@@H]1O)(c1ccccc1)c1ccccc1. The number of hydrogen-bond acceptors (Lipinski definition) is 7. The summed E-state index contributed by atoms with van der Waals surface area (Å²) in [5.41, 5.74) is 10.9. The summed E-state index contributed by atoms with van der Waals surface area (Å²) in [6.07, 6.45) is -4.16. The minimum Gasteiger partial charge on any atom is -0.455 e. The number of rotatable bonds is 12. The molecule has 1 fully saturated rings. The molecule has 9 nitrogen and oxygen atoms in total. The van der Waals surface area contributed by atoms with Crippen molar-refractivity contribution >= 4 is 24.7 Å². The first-order valence-corrected chi connectivity index (χ1v) is 17.7. The highest BCUT2D eigenvalue weighted by atomic mass is 28.4. The Morgan fingerprint density at radius 3 is 1.94 bits per heavy atom. The van der Waals surface area contributed by atoms with E-state index < -0.39 is 44.9 Å². The monoisotopic (exact) mass is 651 g/mol. The molecular formula is C37H41N3O6Si. The quantitative estimate of drug-likeness (QED) is 0.0678. The standard InChI is InChI=1S/C37H41N3O6Si/c1-37(2,3)47(29-20-12-6-13-21-29,30-22-14-7-15-23-30)44-26-31-33(41)34(46-35(42)28-18-10-5-11-19-28)32(39-40-38)36(45-31)43-25-24-27-16-8-4-9-17-27/h4-23,31-34,36,41H,24-26H2,1-3H3/t31-,32-,33-,34+,36?/m1/s1. The maximum Gasteiger partial charge on any atom is 0.338 e. The molecule has 0 saturated carbocycles. The molecule has 1 saturated heterocycles. The van der Waals surface area contributed by atoms with Crippen molar-refractivity contribution in [3.05, 3.63) is 143 Å². The van der Waals surface area contributed by atoms with Crippen LogP contribution in [0.1, 0.15) is 36.7 Å². The molecule has 10 heteroatoms. The highest BCUT2D eigenvalue weighted by molar-refractivity contribution is 6.99. The minimum atomic E-state index is -3.01. The van der Waals surface area contributed by atoms with E-state index in [0.717, 1.165) is 15.9 Å². The Balaban J connectivity index is 1.48. The topological polar surface area (TPSA) is 123 Å². The second-order valence-electron chi connectivity index (χ2n) is 12.5. The lowest BCUT2D eigenvalue weighted by atomic mass is 9.97. The summed E-state index contributed by atoms with van der Waals surface area (Å²) in [5.74, 6) is -0.663. The predicted molar refractivity (Wildman–Crippen MR) is 183 cm³/mol. The number of azide groups is 1. The number of carbonyl (C=O) groups is 1. The average Bonchev–Trinajstić information content (AvgIpc) is 3.09. The molecular weight excluding hydrogens is 611 g/mol. The molecule has 1 aliphatic rings. The smallest absolute Gasteiger partial charge is 0.338 e. The van der Waals surface area contributed by atoms with Crippen LogP contribution in [0.15, 0.2) is 126 Å². The van der Waals surface area contributed by atoms with E-state index in [1.807, 2.05) is 66.7 Å². The van der Waals surface area contributed by atoms with Gasteiger partial charge in [0, 0.05) is 4.91 Å². The number of esters is 1. The number of aliphatic hydroxyl groups excluding tert-OH is 1. The summed E-state index contributed by atoms with van der Waals surface area (Å²) >= 11 is 0. The van der Waals surface area contributed by atoms with E-state index in [2.05, 4.69) is 55.1 Å². The number of aliphatic hydroxyl groups is 1. The minimum absolute atomic E-state index is 0.0324. The first-order chi connectivity index (χ1) is 22.7. The number of carbonyl (C=O) groups excluding carboxylic acids is 1. The lowest BCUT2D eigenvalue weighted by molar-refractivity contribution is -0.263. The van der Waals surface area contributed by atoms with Gasteiger partial charge in [0.25, 0.3) is 8.32 Å². The molecule has 47 heavy (non-hydrogen) atoms. The van der Waals surface area contributed by atoms with Gasteiger partial charge in [-0.15, -0.1) is 0 Å². The van der Waals surface area contributed by atoms with Crippen molar-refractivity contribution < 1.29 is 28.5 Å². The summed E-state index contributed by atoms with van der Waals surface area (Å²) in [7, 11) is -3.01. The molecule has 1 unspecified atom stereocenters. The van der Waals surface area contributed by atoms with Crippen LogP contribution in [0.2, 0.25) is 5.04 Å². The second kappa shape index (κ2) is 15.5. The summed E-state index contributed by atoms with van der Waals surface area (Å²) in [5, 5.41) is 17.5. The molecule has 0 radical (unpaired) electrons. The van der Waals surface area contributed by atoms with Crippen molar-refractivity contribution in [2.24, 2.45) is 5.11 Å². The zero-order chi connectivity index (χ0) is 33.3. The van der Waals surface area contributed by atoms with E-state index >= 15 is 0 Å². The Bertz CT molecular complexity index is 1580. The summed E-state index contributed by atoms with van der Waals surface area (Å²) in [6.45, 7) is 6.69. The van der Waals surface area contributed by atoms with Crippen LogP contribution in [-0.4, -0.2) is 63.3 Å². The van der Waals surface area contributed by atoms with Crippen molar-refractivity contribution in [3.63, 3.8) is 0 Å². The Morgan fingerprint density at radius 1 is 0.872 bits per heavy atom. The second-order valence-corrected chi connectivity index (χ2v) is 16.9. The lowest BCUT2D eigenvalue weighted by Gasteiger charge is -2.46. The highest BCUT2D eigenvalue weighted by Gasteiger charge is 2.53. The molecule has 0 aliphatic carbocycles. The average molecular weight is 652 g/mol. The van der Waals surface area contributed by atoms with Crippen molar-refractivity contribution in [1.29, 1.82) is 0 Å². The van der Waals surface area contributed by atoms with Gasteiger partial charge in [-0.25, -0.2) is 4.79 Å². The molecule has 0 spiro atoms. The third-order valence-corrected chi connectivity index (χ3v) is 13.5. The zero-order valence-electron chi connectivity index (χ0n) is 26.9. The van der Waals surface area contributed by atoms with E-state index in [-0.39, 0.29) is 18.3 Å². The summed E-state index contributed by atoms with van der Waals surface area (Å²) in [4.78, 5) is 16.3. The van der Waals surface area contributed by atoms with Gasteiger partial charge in [-0.2, -0.15) is 0 Å². The highest BCUT2D eigenvalue weighted by Crippen LogP contribution is 2.38. The van der Waals surface area contributed by atoms with Gasteiger partial charge >= 0.3 is 5.97 Å². The van der Waals surface area contributed by atoms with Gasteiger partial charge < -0.3 is 23.7 Å². The van der Waals surface area contributed by atoms with Gasteiger partial charge in [0.05, 0.1) is 18.8 Å². The molecule has 1 heterocycles. The van der Waals surface area contributed by atoms with Gasteiger partial charge in [-0.1, -0.05) is 135 Å². The van der Waals surface area contributed by atoms with E-state index in [1.54, 1.807) is 30.3 Å². The molecule has 4 aromatic carbocycles. The maximum absolute atomic E-state index is 13.3. The fourth-order valence-electron chi connectivity index (χ4n) is 6.17. The van der Waals surface area contributed by atoms with Crippen molar-refractivity contribution in [3.8, 4) is 0 Å². The van der Waals surface area contributed by atoms with Gasteiger partial charge in [-0.3, -0.25) is 0 Å². The van der Waals surface area contributed by atoms with Crippen LogP contribution in [0, 0.1) is 0 Å². The molecule has 5 rings (SSSR count). The van der Waals surface area contributed by atoms with E-state index in [4.69, 9.17) is 18.6 Å². The number of ether oxygens (including phenoxy) is 3. The van der Waals surface area contributed by atoms with E-state index in [9.17, 15) is 15.4 Å². The van der Waals surface area contributed by atoms with Gasteiger partial charge in [0.2, 0.25) is 0 Å². The van der Waals surface area contributed by atoms with Crippen LogP contribution >= 0.6 is 0 Å². The van der Waals surface area contributed by atoms with Crippen LogP contribution in [0.4, 0.5) is 0 Å². The fourth-order valence-corrected chi connectivity index (χ4v) is 10.7. The number of nitrogens with zero attached hydrogens (tertiary/aromatic N) is 3. The predicted octanol–water partition coefficient (Wildman–Crippen LogP) is 5.81. The molecule has 1 aliphatic heterocycles.